The van der Waals surface area contributed by atoms with Crippen molar-refractivity contribution in [2.45, 2.75) is 44.6 Å². The summed E-state index contributed by atoms with van der Waals surface area (Å²) in [6.07, 6.45) is 5.89. The Hall–Kier alpha value is -1.13. The fourth-order valence-electron chi connectivity index (χ4n) is 2.70. The number of aromatic amines is 1. The van der Waals surface area contributed by atoms with Gasteiger partial charge in [0.1, 0.15) is 5.01 Å². The number of hydrogen-bond donors (Lipinski definition) is 2. The largest absolute Gasteiger partial charge is 0.393 e. The van der Waals surface area contributed by atoms with Crippen LogP contribution in [0.15, 0.2) is 18.3 Å². The summed E-state index contributed by atoms with van der Waals surface area (Å²) in [6, 6.07) is 4.06. The molecule has 0 bridgehead atoms. The predicted molar refractivity (Wildman–Crippen MR) is 73.9 cm³/mol. The first kappa shape index (κ1) is 11.9. The molecule has 18 heavy (non-hydrogen) atoms. The van der Waals surface area contributed by atoms with Crippen molar-refractivity contribution in [2.75, 3.05) is 0 Å². The van der Waals surface area contributed by atoms with Gasteiger partial charge in [0.25, 0.3) is 0 Å². The van der Waals surface area contributed by atoms with E-state index in [4.69, 9.17) is 0 Å². The van der Waals surface area contributed by atoms with Crippen LogP contribution < -0.4 is 0 Å². The molecule has 0 amide bonds. The highest BCUT2D eigenvalue weighted by atomic mass is 32.1. The number of aliphatic hydroxyl groups is 1. The van der Waals surface area contributed by atoms with E-state index in [0.29, 0.717) is 5.92 Å². The molecular weight excluding hydrogens is 244 g/mol. The number of aliphatic hydroxyl groups excluding tert-OH is 1. The lowest BCUT2D eigenvalue weighted by Gasteiger charge is -2.24. The van der Waals surface area contributed by atoms with E-state index in [2.05, 4.69) is 23.0 Å². The minimum Gasteiger partial charge on any atom is -0.393 e. The van der Waals surface area contributed by atoms with Gasteiger partial charge in [-0.3, -0.25) is 0 Å². The van der Waals surface area contributed by atoms with Crippen molar-refractivity contribution in [1.29, 1.82) is 0 Å². The van der Waals surface area contributed by atoms with E-state index in [1.165, 1.54) is 4.88 Å². The van der Waals surface area contributed by atoms with E-state index in [1.807, 2.05) is 12.3 Å². The second-order valence-corrected chi connectivity index (χ2v) is 6.09. The lowest BCUT2D eigenvalue weighted by atomic mass is 9.86. The highest BCUT2D eigenvalue weighted by Crippen LogP contribution is 2.39. The van der Waals surface area contributed by atoms with Gasteiger partial charge in [0.2, 0.25) is 0 Å². The molecule has 0 unspecified atom stereocenters. The van der Waals surface area contributed by atoms with E-state index in [9.17, 15) is 5.11 Å². The highest BCUT2D eigenvalue weighted by Gasteiger charge is 2.24. The molecule has 1 saturated carbocycles. The van der Waals surface area contributed by atoms with Crippen molar-refractivity contribution in [3.63, 3.8) is 0 Å². The lowest BCUT2D eigenvalue weighted by Crippen LogP contribution is -2.16. The van der Waals surface area contributed by atoms with Crippen molar-refractivity contribution < 1.29 is 5.11 Å². The summed E-state index contributed by atoms with van der Waals surface area (Å²) >= 11 is 1.80. The molecule has 0 radical (unpaired) electrons. The molecule has 1 fully saturated rings. The number of thiazole rings is 1. The minimum atomic E-state index is -0.0858. The molecule has 96 valence electrons. The fourth-order valence-corrected chi connectivity index (χ4v) is 3.93. The summed E-state index contributed by atoms with van der Waals surface area (Å²) in [4.78, 5) is 9.29. The molecule has 1 aliphatic carbocycles. The van der Waals surface area contributed by atoms with Gasteiger partial charge in [-0.25, -0.2) is 4.98 Å². The summed E-state index contributed by atoms with van der Waals surface area (Å²) in [5.41, 5.74) is 2.26. The zero-order valence-corrected chi connectivity index (χ0v) is 11.3. The average molecular weight is 262 g/mol. The topological polar surface area (TPSA) is 48.9 Å². The Labute approximate surface area is 111 Å². The Bertz CT molecular complexity index is 510. The third-order valence-corrected chi connectivity index (χ3v) is 5.08. The van der Waals surface area contributed by atoms with Crippen molar-refractivity contribution in [3.8, 4) is 10.7 Å². The molecule has 1 aliphatic rings. The van der Waals surface area contributed by atoms with Gasteiger partial charge >= 0.3 is 0 Å². The van der Waals surface area contributed by atoms with Crippen molar-refractivity contribution >= 4 is 11.3 Å². The van der Waals surface area contributed by atoms with E-state index in [1.54, 1.807) is 11.3 Å². The maximum absolute atomic E-state index is 9.58. The van der Waals surface area contributed by atoms with Gasteiger partial charge in [0, 0.05) is 11.1 Å². The SMILES string of the molecule is Cc1nc(-c2ccc[nH]2)sc1C1CCC(O)CC1. The van der Waals surface area contributed by atoms with Gasteiger partial charge in [-0.2, -0.15) is 0 Å². The van der Waals surface area contributed by atoms with E-state index >= 15 is 0 Å². The van der Waals surface area contributed by atoms with E-state index < -0.39 is 0 Å². The number of aryl methyl sites for hydroxylation is 1. The number of rotatable bonds is 2. The lowest BCUT2D eigenvalue weighted by molar-refractivity contribution is 0.123. The van der Waals surface area contributed by atoms with Crippen LogP contribution in [0.3, 0.4) is 0 Å². The number of aromatic nitrogens is 2. The normalized spacial score (nSPS) is 24.3. The summed E-state index contributed by atoms with van der Waals surface area (Å²) in [5.74, 6) is 0.592. The maximum atomic E-state index is 9.58. The highest BCUT2D eigenvalue weighted by molar-refractivity contribution is 7.15. The quantitative estimate of drug-likeness (QED) is 0.870. The van der Waals surface area contributed by atoms with Gasteiger partial charge in [-0.1, -0.05) is 0 Å². The molecule has 0 atom stereocenters. The second-order valence-electron chi connectivity index (χ2n) is 5.06. The van der Waals surface area contributed by atoms with Gasteiger partial charge < -0.3 is 10.1 Å². The standard InChI is InChI=1S/C14H18N2OS/c1-9-13(10-4-6-11(17)7-5-10)18-14(16-9)12-3-2-8-15-12/h2-3,8,10-11,15,17H,4-7H2,1H3. The van der Waals surface area contributed by atoms with Crippen LogP contribution in [-0.4, -0.2) is 21.2 Å². The molecule has 3 rings (SSSR count). The van der Waals surface area contributed by atoms with Gasteiger partial charge in [-0.05, 0) is 50.7 Å². The zero-order valence-electron chi connectivity index (χ0n) is 10.5. The molecule has 0 aliphatic heterocycles. The summed E-state index contributed by atoms with van der Waals surface area (Å²) < 4.78 is 0. The molecule has 2 heterocycles. The fraction of sp³-hybridized carbons (Fsp3) is 0.500. The van der Waals surface area contributed by atoms with Crippen LogP contribution in [0.25, 0.3) is 10.7 Å². The molecule has 2 aromatic rings. The zero-order chi connectivity index (χ0) is 12.5. The number of hydrogen-bond acceptors (Lipinski definition) is 3. The van der Waals surface area contributed by atoms with Crippen LogP contribution in [0.1, 0.15) is 42.2 Å². The Morgan fingerprint density at radius 1 is 1.33 bits per heavy atom. The van der Waals surface area contributed by atoms with Crippen LogP contribution in [0.4, 0.5) is 0 Å². The molecule has 4 heteroatoms. The smallest absolute Gasteiger partial charge is 0.140 e. The molecule has 2 aromatic heterocycles. The van der Waals surface area contributed by atoms with Crippen LogP contribution in [0, 0.1) is 6.92 Å². The number of H-pyrrole nitrogens is 1. The summed E-state index contributed by atoms with van der Waals surface area (Å²) in [5, 5.41) is 10.7. The summed E-state index contributed by atoms with van der Waals surface area (Å²) in [6.45, 7) is 2.10. The first-order valence-corrected chi connectivity index (χ1v) is 7.35. The van der Waals surface area contributed by atoms with Gasteiger partial charge in [-0.15, -0.1) is 11.3 Å². The second kappa shape index (κ2) is 4.86. The molecule has 0 spiro atoms. The minimum absolute atomic E-state index is 0.0858. The maximum Gasteiger partial charge on any atom is 0.140 e. The Balaban J connectivity index is 1.85. The third kappa shape index (κ3) is 2.22. The van der Waals surface area contributed by atoms with Gasteiger partial charge in [0.05, 0.1) is 17.5 Å². The van der Waals surface area contributed by atoms with Crippen LogP contribution in [0.5, 0.6) is 0 Å². The van der Waals surface area contributed by atoms with Gasteiger partial charge in [0.15, 0.2) is 0 Å². The molecule has 0 saturated heterocycles. The number of nitrogens with zero attached hydrogens (tertiary/aromatic N) is 1. The Kier molecular flexibility index (Phi) is 3.22. The Morgan fingerprint density at radius 3 is 2.78 bits per heavy atom. The van der Waals surface area contributed by atoms with Crippen molar-refractivity contribution in [3.05, 3.63) is 28.9 Å². The number of nitrogens with one attached hydrogen (secondary N) is 1. The summed E-state index contributed by atoms with van der Waals surface area (Å²) in [7, 11) is 0. The molecule has 3 nitrogen and oxygen atoms in total. The van der Waals surface area contributed by atoms with E-state index in [-0.39, 0.29) is 6.10 Å². The van der Waals surface area contributed by atoms with Crippen LogP contribution >= 0.6 is 11.3 Å². The Morgan fingerprint density at radius 2 is 2.11 bits per heavy atom. The third-order valence-electron chi connectivity index (χ3n) is 3.73. The van der Waals surface area contributed by atoms with E-state index in [0.717, 1.165) is 42.1 Å². The predicted octanol–water partition coefficient (Wildman–Crippen LogP) is 3.47. The molecular formula is C14H18N2OS. The van der Waals surface area contributed by atoms with Crippen molar-refractivity contribution in [2.24, 2.45) is 0 Å². The first-order chi connectivity index (χ1) is 8.74. The monoisotopic (exact) mass is 262 g/mol. The molecule has 0 aromatic carbocycles. The first-order valence-electron chi connectivity index (χ1n) is 6.53. The average Bonchev–Trinajstić information content (AvgIpc) is 2.99. The molecule has 2 N–H and O–H groups in total. The van der Waals surface area contributed by atoms with Crippen molar-refractivity contribution in [1.82, 2.24) is 9.97 Å². The van der Waals surface area contributed by atoms with Crippen LogP contribution in [0.2, 0.25) is 0 Å². The van der Waals surface area contributed by atoms with Crippen LogP contribution in [-0.2, 0) is 0 Å².